The van der Waals surface area contributed by atoms with Gasteiger partial charge >= 0.3 is 0 Å². The van der Waals surface area contributed by atoms with E-state index in [1.54, 1.807) is 0 Å². The van der Waals surface area contributed by atoms with Crippen molar-refractivity contribution in [1.29, 1.82) is 0 Å². The van der Waals surface area contributed by atoms with Crippen LogP contribution in [-0.4, -0.2) is 12.6 Å². The fraction of sp³-hybridized carbons (Fsp3) is 0.750. The van der Waals surface area contributed by atoms with E-state index in [1.165, 1.54) is 0 Å². The molecule has 0 radical (unpaired) electrons. The second kappa shape index (κ2) is 3.49. The minimum absolute atomic E-state index is 0.141. The van der Waals surface area contributed by atoms with Gasteiger partial charge in [-0.1, -0.05) is 20.8 Å². The van der Waals surface area contributed by atoms with Crippen molar-refractivity contribution in [2.75, 3.05) is 0 Å². The third-order valence-electron chi connectivity index (χ3n) is 2.02. The van der Waals surface area contributed by atoms with Crippen molar-refractivity contribution < 1.29 is 9.59 Å². The summed E-state index contributed by atoms with van der Waals surface area (Å²) in [7, 11) is 0. The van der Waals surface area contributed by atoms with E-state index in [-0.39, 0.29) is 11.3 Å². The zero-order valence-electron chi connectivity index (χ0n) is 6.76. The van der Waals surface area contributed by atoms with Crippen LogP contribution >= 0.6 is 0 Å². The quantitative estimate of drug-likeness (QED) is 0.556. The highest BCUT2D eigenvalue weighted by molar-refractivity contribution is 5.60. The number of carbonyl (C=O) groups excluding carboxylic acids is 2. The van der Waals surface area contributed by atoms with Crippen LogP contribution in [0.5, 0.6) is 0 Å². The molecule has 2 nitrogen and oxygen atoms in total. The molecular formula is C8H14O2. The highest BCUT2D eigenvalue weighted by atomic mass is 16.1. The lowest BCUT2D eigenvalue weighted by atomic mass is 9.80. The van der Waals surface area contributed by atoms with Gasteiger partial charge in [0.1, 0.15) is 12.6 Å². The van der Waals surface area contributed by atoms with Crippen LogP contribution < -0.4 is 0 Å². The number of hydrogen-bond donors (Lipinski definition) is 0. The van der Waals surface area contributed by atoms with Crippen molar-refractivity contribution in [3.8, 4) is 0 Å². The number of carbonyl (C=O) groups is 2. The number of rotatable bonds is 4. The van der Waals surface area contributed by atoms with Crippen LogP contribution in [0.1, 0.15) is 27.2 Å². The predicted octanol–water partition coefficient (Wildman–Crippen LogP) is 1.44. The Kier molecular flexibility index (Phi) is 3.26. The first-order chi connectivity index (χ1) is 4.54. The molecule has 0 aromatic heterocycles. The summed E-state index contributed by atoms with van der Waals surface area (Å²) in [4.78, 5) is 20.5. The molecule has 0 saturated heterocycles. The maximum Gasteiger partial charge on any atom is 0.125 e. The summed E-state index contributed by atoms with van der Waals surface area (Å²) in [6.07, 6.45) is 2.23. The van der Waals surface area contributed by atoms with Crippen LogP contribution in [-0.2, 0) is 9.59 Å². The van der Waals surface area contributed by atoms with Crippen molar-refractivity contribution in [2.45, 2.75) is 27.2 Å². The summed E-state index contributed by atoms with van der Waals surface area (Å²) in [5.74, 6) is 0.141. The van der Waals surface area contributed by atoms with Gasteiger partial charge in [0.05, 0.1) is 0 Å². The lowest BCUT2D eigenvalue weighted by Gasteiger charge is -2.23. The molecule has 10 heavy (non-hydrogen) atoms. The van der Waals surface area contributed by atoms with E-state index < -0.39 is 0 Å². The molecule has 0 bridgehead atoms. The Hall–Kier alpha value is -0.660. The molecule has 0 heterocycles. The minimum atomic E-state index is -0.360. The molecule has 0 aromatic rings. The average Bonchev–Trinajstić information content (AvgIpc) is 1.89. The van der Waals surface area contributed by atoms with E-state index in [0.717, 1.165) is 12.6 Å². The van der Waals surface area contributed by atoms with Crippen molar-refractivity contribution in [3.63, 3.8) is 0 Å². The molecule has 0 saturated carbocycles. The Morgan fingerprint density at radius 3 is 2.20 bits per heavy atom. The molecule has 1 unspecified atom stereocenters. The van der Waals surface area contributed by atoms with Gasteiger partial charge in [0.25, 0.3) is 0 Å². The van der Waals surface area contributed by atoms with Gasteiger partial charge < -0.3 is 9.59 Å². The Morgan fingerprint density at radius 2 is 1.90 bits per heavy atom. The van der Waals surface area contributed by atoms with Gasteiger partial charge in [0.15, 0.2) is 0 Å². The molecule has 0 amide bonds. The van der Waals surface area contributed by atoms with Gasteiger partial charge in [-0.3, -0.25) is 0 Å². The van der Waals surface area contributed by atoms with E-state index in [1.807, 2.05) is 20.8 Å². The van der Waals surface area contributed by atoms with Crippen molar-refractivity contribution in [1.82, 2.24) is 0 Å². The fourth-order valence-electron chi connectivity index (χ4n) is 0.564. The largest absolute Gasteiger partial charge is 0.303 e. The molecule has 0 N–H and O–H groups in total. The third kappa shape index (κ3) is 2.29. The van der Waals surface area contributed by atoms with E-state index in [4.69, 9.17) is 0 Å². The van der Waals surface area contributed by atoms with Crippen molar-refractivity contribution in [3.05, 3.63) is 0 Å². The summed E-state index contributed by atoms with van der Waals surface area (Å²) in [6, 6.07) is 0. The molecule has 58 valence electrons. The molecule has 0 aliphatic rings. The van der Waals surface area contributed by atoms with Crippen LogP contribution in [0.2, 0.25) is 0 Å². The summed E-state index contributed by atoms with van der Waals surface area (Å²) in [5, 5.41) is 0. The molecular weight excluding hydrogens is 128 g/mol. The van der Waals surface area contributed by atoms with Crippen LogP contribution in [0.15, 0.2) is 0 Å². The molecule has 0 aliphatic heterocycles. The maximum atomic E-state index is 10.4. The molecule has 0 fully saturated rings. The monoisotopic (exact) mass is 142 g/mol. The standard InChI is InChI=1S/C8H14O2/c1-7(4-5-9)8(2,3)6-10/h5-7H,4H2,1-3H3. The summed E-state index contributed by atoms with van der Waals surface area (Å²) < 4.78 is 0. The Bertz CT molecular complexity index is 127. The highest BCUT2D eigenvalue weighted by Crippen LogP contribution is 2.25. The zero-order valence-corrected chi connectivity index (χ0v) is 6.76. The smallest absolute Gasteiger partial charge is 0.125 e. The van der Waals surface area contributed by atoms with Gasteiger partial charge in [-0.15, -0.1) is 0 Å². The van der Waals surface area contributed by atoms with Gasteiger partial charge in [-0.25, -0.2) is 0 Å². The second-order valence-corrected chi connectivity index (χ2v) is 3.24. The molecule has 2 heteroatoms. The van der Waals surface area contributed by atoms with Gasteiger partial charge in [-0.2, -0.15) is 0 Å². The molecule has 1 atom stereocenters. The van der Waals surface area contributed by atoms with Crippen molar-refractivity contribution in [2.24, 2.45) is 11.3 Å². The third-order valence-corrected chi connectivity index (χ3v) is 2.02. The Balaban J connectivity index is 4.02. The van der Waals surface area contributed by atoms with Crippen LogP contribution in [0.3, 0.4) is 0 Å². The van der Waals surface area contributed by atoms with Crippen LogP contribution in [0, 0.1) is 11.3 Å². The first-order valence-electron chi connectivity index (χ1n) is 3.44. The summed E-state index contributed by atoms with van der Waals surface area (Å²) in [5.41, 5.74) is -0.360. The first-order valence-corrected chi connectivity index (χ1v) is 3.44. The lowest BCUT2D eigenvalue weighted by molar-refractivity contribution is -0.117. The SMILES string of the molecule is CC(CC=O)C(C)(C)C=O. The molecule has 0 aromatic carbocycles. The summed E-state index contributed by atoms with van der Waals surface area (Å²) in [6.45, 7) is 5.59. The first kappa shape index (κ1) is 9.34. The van der Waals surface area contributed by atoms with E-state index in [2.05, 4.69) is 0 Å². The fourth-order valence-corrected chi connectivity index (χ4v) is 0.564. The average molecular weight is 142 g/mol. The number of hydrogen-bond acceptors (Lipinski definition) is 2. The van der Waals surface area contributed by atoms with E-state index in [9.17, 15) is 9.59 Å². The van der Waals surface area contributed by atoms with Crippen LogP contribution in [0.25, 0.3) is 0 Å². The minimum Gasteiger partial charge on any atom is -0.303 e. The van der Waals surface area contributed by atoms with Crippen LogP contribution in [0.4, 0.5) is 0 Å². The van der Waals surface area contributed by atoms with E-state index >= 15 is 0 Å². The second-order valence-electron chi connectivity index (χ2n) is 3.24. The number of aldehydes is 2. The molecule has 0 aliphatic carbocycles. The highest BCUT2D eigenvalue weighted by Gasteiger charge is 2.24. The Labute approximate surface area is 61.6 Å². The van der Waals surface area contributed by atoms with Crippen molar-refractivity contribution >= 4 is 12.6 Å². The van der Waals surface area contributed by atoms with E-state index in [0.29, 0.717) is 6.42 Å². The summed E-state index contributed by atoms with van der Waals surface area (Å²) >= 11 is 0. The Morgan fingerprint density at radius 1 is 1.40 bits per heavy atom. The molecule has 0 spiro atoms. The van der Waals surface area contributed by atoms with Gasteiger partial charge in [-0.05, 0) is 5.92 Å². The normalized spacial score (nSPS) is 14.3. The predicted molar refractivity (Wildman–Crippen MR) is 39.7 cm³/mol. The zero-order chi connectivity index (χ0) is 8.20. The maximum absolute atomic E-state index is 10.4. The molecule has 0 rings (SSSR count). The lowest BCUT2D eigenvalue weighted by Crippen LogP contribution is -2.23. The van der Waals surface area contributed by atoms with Gasteiger partial charge in [0, 0.05) is 11.8 Å². The topological polar surface area (TPSA) is 34.1 Å². The van der Waals surface area contributed by atoms with Gasteiger partial charge in [0.2, 0.25) is 0 Å².